The van der Waals surface area contributed by atoms with E-state index in [0.29, 0.717) is 13.1 Å². The van der Waals surface area contributed by atoms with Crippen molar-refractivity contribution in [3.8, 4) is 0 Å². The van der Waals surface area contributed by atoms with Gasteiger partial charge in [-0.3, -0.25) is 9.59 Å². The number of carbonyl (C=O) groups excluding carboxylic acids is 2. The molecule has 5 heteroatoms. The van der Waals surface area contributed by atoms with Crippen molar-refractivity contribution in [3.63, 3.8) is 0 Å². The van der Waals surface area contributed by atoms with Gasteiger partial charge in [0.05, 0.1) is 6.54 Å². The van der Waals surface area contributed by atoms with Crippen molar-refractivity contribution in [1.29, 1.82) is 0 Å². The van der Waals surface area contributed by atoms with E-state index in [1.165, 1.54) is 11.0 Å². The Balaban J connectivity index is 2.33. The predicted octanol–water partition coefficient (Wildman–Crippen LogP) is 0.879. The molecule has 114 valence electrons. The minimum atomic E-state index is -0.174. The maximum atomic E-state index is 11.8. The van der Waals surface area contributed by atoms with E-state index in [4.69, 9.17) is 0 Å². The number of nitrogens with one attached hydrogen (secondary N) is 1. The first kappa shape index (κ1) is 16.9. The molecule has 0 aliphatic carbocycles. The van der Waals surface area contributed by atoms with Gasteiger partial charge >= 0.3 is 0 Å². The lowest BCUT2D eigenvalue weighted by molar-refractivity contribution is -0.131. The Morgan fingerprint density at radius 3 is 2.43 bits per heavy atom. The van der Waals surface area contributed by atoms with Gasteiger partial charge in [0.1, 0.15) is 0 Å². The summed E-state index contributed by atoms with van der Waals surface area (Å²) in [5.74, 6) is -0.345. The van der Waals surface area contributed by atoms with Crippen molar-refractivity contribution < 1.29 is 9.59 Å². The van der Waals surface area contributed by atoms with Crippen molar-refractivity contribution in [2.75, 3.05) is 34.2 Å². The summed E-state index contributed by atoms with van der Waals surface area (Å²) in [6.45, 7) is 1.22. The molecule has 2 amide bonds. The maximum Gasteiger partial charge on any atom is 0.246 e. The monoisotopic (exact) mass is 289 g/mol. The van der Waals surface area contributed by atoms with Crippen LogP contribution < -0.4 is 5.32 Å². The van der Waals surface area contributed by atoms with Gasteiger partial charge in [0, 0.05) is 26.2 Å². The third-order valence-electron chi connectivity index (χ3n) is 2.82. The van der Waals surface area contributed by atoms with Gasteiger partial charge in [-0.1, -0.05) is 36.4 Å². The van der Waals surface area contributed by atoms with Crippen LogP contribution in [0.5, 0.6) is 0 Å². The minimum Gasteiger partial charge on any atom is -0.350 e. The molecule has 0 aliphatic rings. The van der Waals surface area contributed by atoms with E-state index < -0.39 is 0 Å². The topological polar surface area (TPSA) is 52.7 Å². The summed E-state index contributed by atoms with van der Waals surface area (Å²) >= 11 is 0. The number of likely N-dealkylation sites (N-methyl/N-ethyl adjacent to an activating group) is 2. The summed E-state index contributed by atoms with van der Waals surface area (Å²) in [5.41, 5.74) is 1.03. The highest BCUT2D eigenvalue weighted by Gasteiger charge is 2.09. The zero-order chi connectivity index (χ0) is 15.7. The van der Waals surface area contributed by atoms with Crippen molar-refractivity contribution in [1.82, 2.24) is 15.1 Å². The van der Waals surface area contributed by atoms with Gasteiger partial charge in [-0.25, -0.2) is 0 Å². The lowest BCUT2D eigenvalue weighted by Crippen LogP contribution is -2.37. The minimum absolute atomic E-state index is 0.0535. The molecule has 1 aromatic rings. The molecule has 0 atom stereocenters. The fraction of sp³-hybridized carbons (Fsp3) is 0.375. The van der Waals surface area contributed by atoms with Crippen LogP contribution in [0.25, 0.3) is 0 Å². The van der Waals surface area contributed by atoms with Crippen molar-refractivity contribution in [3.05, 3.63) is 48.0 Å². The lowest BCUT2D eigenvalue weighted by atomic mass is 10.2. The largest absolute Gasteiger partial charge is 0.350 e. The van der Waals surface area contributed by atoms with Gasteiger partial charge in [0.15, 0.2) is 0 Å². The predicted molar refractivity (Wildman–Crippen MR) is 83.6 cm³/mol. The Morgan fingerprint density at radius 1 is 1.14 bits per heavy atom. The Hall–Kier alpha value is -2.14. The van der Waals surface area contributed by atoms with E-state index in [0.717, 1.165) is 5.56 Å². The summed E-state index contributed by atoms with van der Waals surface area (Å²) in [4.78, 5) is 26.9. The van der Waals surface area contributed by atoms with E-state index in [2.05, 4.69) is 5.32 Å². The summed E-state index contributed by atoms with van der Waals surface area (Å²) < 4.78 is 0. The van der Waals surface area contributed by atoms with E-state index in [9.17, 15) is 9.59 Å². The van der Waals surface area contributed by atoms with Crippen molar-refractivity contribution in [2.24, 2.45) is 0 Å². The Morgan fingerprint density at radius 2 is 1.81 bits per heavy atom. The maximum absolute atomic E-state index is 11.8. The van der Waals surface area contributed by atoms with Crippen LogP contribution in [0.3, 0.4) is 0 Å². The third-order valence-corrected chi connectivity index (χ3v) is 2.82. The van der Waals surface area contributed by atoms with Gasteiger partial charge in [0.25, 0.3) is 0 Å². The van der Waals surface area contributed by atoms with E-state index in [-0.39, 0.29) is 18.4 Å². The van der Waals surface area contributed by atoms with Crippen LogP contribution in [-0.2, 0) is 16.1 Å². The molecular weight excluding hydrogens is 266 g/mol. The second kappa shape index (κ2) is 8.92. The van der Waals surface area contributed by atoms with Crippen molar-refractivity contribution in [2.45, 2.75) is 6.54 Å². The van der Waals surface area contributed by atoms with Gasteiger partial charge in [-0.2, -0.15) is 0 Å². The average Bonchev–Trinajstić information content (AvgIpc) is 2.45. The van der Waals surface area contributed by atoms with Crippen LogP contribution in [0.2, 0.25) is 0 Å². The van der Waals surface area contributed by atoms with Crippen LogP contribution >= 0.6 is 0 Å². The van der Waals surface area contributed by atoms with E-state index in [1.807, 2.05) is 49.3 Å². The first-order valence-corrected chi connectivity index (χ1v) is 6.86. The van der Waals surface area contributed by atoms with E-state index >= 15 is 0 Å². The quantitative estimate of drug-likeness (QED) is 0.758. The first-order valence-electron chi connectivity index (χ1n) is 6.86. The zero-order valence-electron chi connectivity index (χ0n) is 12.9. The molecule has 0 saturated carbocycles. The van der Waals surface area contributed by atoms with Crippen LogP contribution in [0.1, 0.15) is 5.56 Å². The van der Waals surface area contributed by atoms with Gasteiger partial charge in [0.2, 0.25) is 11.8 Å². The average molecular weight is 289 g/mol. The SMILES string of the molecule is CN(C)C/C=C/C(=O)N(C)CC(=O)NCc1ccccc1. The van der Waals surface area contributed by atoms with Crippen LogP contribution in [-0.4, -0.2) is 55.8 Å². The molecule has 0 radical (unpaired) electrons. The summed E-state index contributed by atoms with van der Waals surface area (Å²) in [6.07, 6.45) is 3.27. The van der Waals surface area contributed by atoms with Crippen LogP contribution in [0, 0.1) is 0 Å². The number of hydrogen-bond donors (Lipinski definition) is 1. The number of amides is 2. The Bertz CT molecular complexity index is 484. The molecule has 1 N–H and O–H groups in total. The summed E-state index contributed by atoms with van der Waals surface area (Å²) in [5, 5.41) is 2.79. The smallest absolute Gasteiger partial charge is 0.246 e. The third kappa shape index (κ3) is 7.27. The molecule has 0 aromatic heterocycles. The molecule has 0 spiro atoms. The highest BCUT2D eigenvalue weighted by Crippen LogP contribution is 1.97. The number of benzene rings is 1. The number of rotatable bonds is 7. The highest BCUT2D eigenvalue weighted by molar-refractivity contribution is 5.91. The van der Waals surface area contributed by atoms with Crippen LogP contribution in [0.4, 0.5) is 0 Å². The number of carbonyl (C=O) groups is 2. The van der Waals surface area contributed by atoms with Gasteiger partial charge in [-0.15, -0.1) is 0 Å². The Labute approximate surface area is 126 Å². The summed E-state index contributed by atoms with van der Waals surface area (Å²) in [7, 11) is 5.47. The van der Waals surface area contributed by atoms with E-state index in [1.54, 1.807) is 13.1 Å². The fourth-order valence-corrected chi connectivity index (χ4v) is 1.64. The summed E-state index contributed by atoms with van der Waals surface area (Å²) in [6, 6.07) is 9.66. The fourth-order valence-electron chi connectivity index (χ4n) is 1.64. The standard InChI is InChI=1S/C16H23N3O2/c1-18(2)11-7-10-16(21)19(3)13-15(20)17-12-14-8-5-4-6-9-14/h4-10H,11-13H2,1-3H3,(H,17,20)/b10-7+. The molecule has 0 heterocycles. The molecule has 0 bridgehead atoms. The second-order valence-electron chi connectivity index (χ2n) is 5.12. The molecule has 5 nitrogen and oxygen atoms in total. The highest BCUT2D eigenvalue weighted by atomic mass is 16.2. The normalized spacial score (nSPS) is 10.9. The molecule has 1 aromatic carbocycles. The first-order chi connectivity index (χ1) is 9.99. The molecule has 0 saturated heterocycles. The van der Waals surface area contributed by atoms with Gasteiger partial charge < -0.3 is 15.1 Å². The number of nitrogens with zero attached hydrogens (tertiary/aromatic N) is 2. The van der Waals surface area contributed by atoms with Crippen molar-refractivity contribution >= 4 is 11.8 Å². The molecule has 1 rings (SSSR count). The van der Waals surface area contributed by atoms with Crippen LogP contribution in [0.15, 0.2) is 42.5 Å². The second-order valence-corrected chi connectivity index (χ2v) is 5.12. The molecule has 0 aliphatic heterocycles. The zero-order valence-corrected chi connectivity index (χ0v) is 12.9. The van der Waals surface area contributed by atoms with Gasteiger partial charge in [-0.05, 0) is 19.7 Å². The number of hydrogen-bond acceptors (Lipinski definition) is 3. The molecule has 0 fully saturated rings. The Kier molecular flexibility index (Phi) is 7.18. The molecule has 0 unspecified atom stereocenters. The molecule has 21 heavy (non-hydrogen) atoms. The lowest BCUT2D eigenvalue weighted by Gasteiger charge is -2.15. The molecular formula is C16H23N3O2.